The normalized spacial score (nSPS) is 13.4. The summed E-state index contributed by atoms with van der Waals surface area (Å²) in [6, 6.07) is 13.7. The van der Waals surface area contributed by atoms with E-state index in [2.05, 4.69) is 16.0 Å². The molecule has 5 amide bonds. The molecule has 31 heavy (non-hydrogen) atoms. The van der Waals surface area contributed by atoms with Crippen LogP contribution in [0.3, 0.4) is 0 Å². The van der Waals surface area contributed by atoms with Crippen LogP contribution in [0.2, 0.25) is 0 Å². The zero-order chi connectivity index (χ0) is 22.4. The lowest BCUT2D eigenvalue weighted by atomic mass is 10.1. The summed E-state index contributed by atoms with van der Waals surface area (Å²) in [6.45, 7) is 4.28. The maximum Gasteiger partial charge on any atom is 0.321 e. The fourth-order valence-electron chi connectivity index (χ4n) is 3.32. The molecule has 0 aliphatic carbocycles. The number of benzene rings is 2. The van der Waals surface area contributed by atoms with Gasteiger partial charge in [-0.2, -0.15) is 0 Å². The monoisotopic (exact) mass is 423 g/mol. The predicted octanol–water partition coefficient (Wildman–Crippen LogP) is 2.59. The standard InChI is InChI=1S/C22H25N5O4/c1-15(28)23-19-12-17(13-20(14-19)24-16(2)29)21(30)26-8-10-27(11-9-26)22(31)25-18-6-4-3-5-7-18/h3-7,12-14H,8-11H2,1-2H3,(H,23,28)(H,24,29)(H,25,31). The van der Waals surface area contributed by atoms with E-state index in [1.54, 1.807) is 28.0 Å². The van der Waals surface area contributed by atoms with E-state index in [1.165, 1.54) is 13.8 Å². The summed E-state index contributed by atoms with van der Waals surface area (Å²) in [5, 5.41) is 8.12. The highest BCUT2D eigenvalue weighted by molar-refractivity contribution is 6.00. The van der Waals surface area contributed by atoms with Crippen LogP contribution in [-0.2, 0) is 9.59 Å². The number of nitrogens with zero attached hydrogens (tertiary/aromatic N) is 2. The Labute approximate surface area is 180 Å². The van der Waals surface area contributed by atoms with Gasteiger partial charge in [0, 0.05) is 62.7 Å². The number of hydrogen-bond acceptors (Lipinski definition) is 4. The number of carbonyl (C=O) groups excluding carboxylic acids is 4. The highest BCUT2D eigenvalue weighted by Gasteiger charge is 2.25. The molecule has 0 unspecified atom stereocenters. The summed E-state index contributed by atoms with van der Waals surface area (Å²) in [5.41, 5.74) is 1.90. The van der Waals surface area contributed by atoms with Gasteiger partial charge < -0.3 is 25.8 Å². The second-order valence-electron chi connectivity index (χ2n) is 7.24. The van der Waals surface area contributed by atoms with E-state index in [-0.39, 0.29) is 23.8 Å². The third-order valence-electron chi connectivity index (χ3n) is 4.70. The second-order valence-corrected chi connectivity index (χ2v) is 7.24. The summed E-state index contributed by atoms with van der Waals surface area (Å²) in [4.78, 5) is 51.6. The molecule has 162 valence electrons. The smallest absolute Gasteiger partial charge is 0.321 e. The Bertz CT molecular complexity index is 950. The Hall–Kier alpha value is -3.88. The highest BCUT2D eigenvalue weighted by Crippen LogP contribution is 2.21. The van der Waals surface area contributed by atoms with Gasteiger partial charge >= 0.3 is 6.03 Å². The maximum atomic E-state index is 13.0. The van der Waals surface area contributed by atoms with Crippen molar-refractivity contribution in [3.63, 3.8) is 0 Å². The molecule has 3 N–H and O–H groups in total. The minimum Gasteiger partial charge on any atom is -0.335 e. The molecule has 0 bridgehead atoms. The summed E-state index contributed by atoms with van der Waals surface area (Å²) >= 11 is 0. The number of rotatable bonds is 4. The maximum absolute atomic E-state index is 13.0. The average Bonchev–Trinajstić information content (AvgIpc) is 2.73. The molecule has 1 heterocycles. The van der Waals surface area contributed by atoms with Crippen LogP contribution in [0.15, 0.2) is 48.5 Å². The molecular formula is C22H25N5O4. The summed E-state index contributed by atoms with van der Waals surface area (Å²) < 4.78 is 0. The lowest BCUT2D eigenvalue weighted by Gasteiger charge is -2.34. The van der Waals surface area contributed by atoms with Crippen molar-refractivity contribution in [2.45, 2.75) is 13.8 Å². The molecular weight excluding hydrogens is 398 g/mol. The van der Waals surface area contributed by atoms with Crippen LogP contribution in [0.5, 0.6) is 0 Å². The number of para-hydroxylation sites is 1. The SMILES string of the molecule is CC(=O)Nc1cc(NC(C)=O)cc(C(=O)N2CCN(C(=O)Nc3ccccc3)CC2)c1. The molecule has 0 saturated carbocycles. The van der Waals surface area contributed by atoms with E-state index in [9.17, 15) is 19.2 Å². The zero-order valence-corrected chi connectivity index (χ0v) is 17.5. The largest absolute Gasteiger partial charge is 0.335 e. The number of piperazine rings is 1. The van der Waals surface area contributed by atoms with Gasteiger partial charge in [0.05, 0.1) is 0 Å². The molecule has 1 fully saturated rings. The van der Waals surface area contributed by atoms with Gasteiger partial charge in [0.15, 0.2) is 0 Å². The Morgan fingerprint density at radius 3 is 1.71 bits per heavy atom. The number of amides is 5. The van der Waals surface area contributed by atoms with Crippen molar-refractivity contribution in [2.75, 3.05) is 42.1 Å². The van der Waals surface area contributed by atoms with Gasteiger partial charge in [0.25, 0.3) is 5.91 Å². The predicted molar refractivity (Wildman–Crippen MR) is 118 cm³/mol. The van der Waals surface area contributed by atoms with E-state index >= 15 is 0 Å². The van der Waals surface area contributed by atoms with Gasteiger partial charge in [-0.05, 0) is 30.3 Å². The zero-order valence-electron chi connectivity index (χ0n) is 17.5. The Balaban J connectivity index is 1.66. The topological polar surface area (TPSA) is 111 Å². The van der Waals surface area contributed by atoms with Crippen LogP contribution < -0.4 is 16.0 Å². The molecule has 0 spiro atoms. The fourth-order valence-corrected chi connectivity index (χ4v) is 3.32. The minimum atomic E-state index is -0.281. The van der Waals surface area contributed by atoms with Crippen molar-refractivity contribution in [3.05, 3.63) is 54.1 Å². The second kappa shape index (κ2) is 9.75. The molecule has 1 saturated heterocycles. The molecule has 9 heteroatoms. The Kier molecular flexibility index (Phi) is 6.86. The number of hydrogen-bond donors (Lipinski definition) is 3. The Morgan fingerprint density at radius 2 is 1.19 bits per heavy atom. The molecule has 2 aromatic rings. The lowest BCUT2D eigenvalue weighted by Crippen LogP contribution is -2.51. The van der Waals surface area contributed by atoms with Gasteiger partial charge in [0.1, 0.15) is 0 Å². The van der Waals surface area contributed by atoms with Gasteiger partial charge in [-0.25, -0.2) is 4.79 Å². The first-order chi connectivity index (χ1) is 14.8. The molecule has 0 radical (unpaired) electrons. The van der Waals surface area contributed by atoms with Crippen LogP contribution in [-0.4, -0.2) is 59.7 Å². The van der Waals surface area contributed by atoms with Crippen LogP contribution in [0.1, 0.15) is 24.2 Å². The van der Waals surface area contributed by atoms with Gasteiger partial charge in [-0.3, -0.25) is 14.4 Å². The summed E-state index contributed by atoms with van der Waals surface area (Å²) in [5.74, 6) is -0.797. The van der Waals surface area contributed by atoms with Crippen LogP contribution >= 0.6 is 0 Å². The first kappa shape index (κ1) is 21.8. The molecule has 1 aliphatic rings. The first-order valence-corrected chi connectivity index (χ1v) is 9.92. The van der Waals surface area contributed by atoms with Gasteiger partial charge in [0.2, 0.25) is 11.8 Å². The highest BCUT2D eigenvalue weighted by atomic mass is 16.2. The number of carbonyl (C=O) groups is 4. The van der Waals surface area contributed by atoms with E-state index in [4.69, 9.17) is 0 Å². The minimum absolute atomic E-state index is 0.209. The van der Waals surface area contributed by atoms with Crippen molar-refractivity contribution in [1.29, 1.82) is 0 Å². The third kappa shape index (κ3) is 6.05. The van der Waals surface area contributed by atoms with E-state index in [0.29, 0.717) is 48.8 Å². The molecule has 3 rings (SSSR count). The average molecular weight is 423 g/mol. The number of urea groups is 1. The van der Waals surface area contributed by atoms with Crippen molar-refractivity contribution < 1.29 is 19.2 Å². The molecule has 9 nitrogen and oxygen atoms in total. The first-order valence-electron chi connectivity index (χ1n) is 9.92. The fraction of sp³-hybridized carbons (Fsp3) is 0.273. The van der Waals surface area contributed by atoms with Crippen molar-refractivity contribution in [3.8, 4) is 0 Å². The quantitative estimate of drug-likeness (QED) is 0.702. The molecule has 1 aliphatic heterocycles. The van der Waals surface area contributed by atoms with Crippen molar-refractivity contribution >= 4 is 40.8 Å². The van der Waals surface area contributed by atoms with Crippen molar-refractivity contribution in [1.82, 2.24) is 9.80 Å². The van der Waals surface area contributed by atoms with E-state index in [1.807, 2.05) is 30.3 Å². The van der Waals surface area contributed by atoms with E-state index in [0.717, 1.165) is 0 Å². The van der Waals surface area contributed by atoms with Crippen molar-refractivity contribution in [2.24, 2.45) is 0 Å². The van der Waals surface area contributed by atoms with Crippen LogP contribution in [0.4, 0.5) is 21.9 Å². The van der Waals surface area contributed by atoms with Crippen LogP contribution in [0, 0.1) is 0 Å². The third-order valence-corrected chi connectivity index (χ3v) is 4.70. The molecule has 2 aromatic carbocycles. The van der Waals surface area contributed by atoms with E-state index < -0.39 is 0 Å². The number of nitrogens with one attached hydrogen (secondary N) is 3. The summed E-state index contributed by atoms with van der Waals surface area (Å²) in [6.07, 6.45) is 0. The Morgan fingerprint density at radius 1 is 0.677 bits per heavy atom. The number of anilines is 3. The molecule has 0 atom stereocenters. The van der Waals surface area contributed by atoms with Gasteiger partial charge in [-0.15, -0.1) is 0 Å². The van der Waals surface area contributed by atoms with Crippen LogP contribution in [0.25, 0.3) is 0 Å². The van der Waals surface area contributed by atoms with Gasteiger partial charge in [-0.1, -0.05) is 18.2 Å². The lowest BCUT2D eigenvalue weighted by molar-refractivity contribution is -0.115. The summed E-state index contributed by atoms with van der Waals surface area (Å²) in [7, 11) is 0. The molecule has 0 aromatic heterocycles.